The van der Waals surface area contributed by atoms with Crippen LogP contribution in [-0.4, -0.2) is 43.6 Å². The third kappa shape index (κ3) is 4.99. The normalized spacial score (nSPS) is 14.4. The van der Waals surface area contributed by atoms with Crippen LogP contribution >= 0.6 is 11.6 Å². The largest absolute Gasteiger partial charge is 0.375 e. The number of ether oxygens (including phenoxy) is 1. The van der Waals surface area contributed by atoms with Crippen LogP contribution in [0.2, 0.25) is 5.02 Å². The molecule has 1 aliphatic heterocycles. The maximum Gasteiger partial charge on any atom is 0.324 e. The number of amides is 3. The molecular weight excluding hydrogens is 366 g/mol. The summed E-state index contributed by atoms with van der Waals surface area (Å²) in [7, 11) is 1.47. The number of benzene rings is 2. The predicted molar refractivity (Wildman–Crippen MR) is 106 cm³/mol. The molecule has 142 valence electrons. The van der Waals surface area contributed by atoms with Crippen molar-refractivity contribution in [2.75, 3.05) is 37.0 Å². The Balaban J connectivity index is 1.67. The number of nitrogens with one attached hydrogen (secondary N) is 1. The number of methoxy groups -OCH3 is 1. The highest BCUT2D eigenvalue weighted by Crippen LogP contribution is 2.23. The van der Waals surface area contributed by atoms with E-state index >= 15 is 0 Å². The highest BCUT2D eigenvalue weighted by molar-refractivity contribution is 6.30. The fourth-order valence-corrected chi connectivity index (χ4v) is 3.29. The molecule has 1 aliphatic rings. The molecule has 2 aromatic carbocycles. The monoisotopic (exact) mass is 387 g/mol. The lowest BCUT2D eigenvalue weighted by molar-refractivity contribution is -0.119. The van der Waals surface area contributed by atoms with Gasteiger partial charge in [-0.2, -0.15) is 0 Å². The molecule has 0 atom stereocenters. The van der Waals surface area contributed by atoms with Gasteiger partial charge in [-0.3, -0.25) is 9.69 Å². The maximum absolute atomic E-state index is 12.9. The fraction of sp³-hybridized carbons (Fsp3) is 0.300. The zero-order chi connectivity index (χ0) is 19.2. The van der Waals surface area contributed by atoms with E-state index < -0.39 is 0 Å². The van der Waals surface area contributed by atoms with Gasteiger partial charge in [0, 0.05) is 43.1 Å². The molecule has 1 heterocycles. The summed E-state index contributed by atoms with van der Waals surface area (Å²) in [5.74, 6) is -0.216. The lowest BCUT2D eigenvalue weighted by Crippen LogP contribution is -2.49. The Morgan fingerprint density at radius 2 is 1.96 bits per heavy atom. The van der Waals surface area contributed by atoms with Gasteiger partial charge in [-0.1, -0.05) is 23.7 Å². The van der Waals surface area contributed by atoms with Crippen LogP contribution in [0.3, 0.4) is 0 Å². The van der Waals surface area contributed by atoms with E-state index in [1.54, 1.807) is 17.0 Å². The summed E-state index contributed by atoms with van der Waals surface area (Å²) < 4.78 is 4.80. The molecule has 0 aliphatic carbocycles. The molecular formula is C20H22ClN3O3. The molecule has 2 aromatic rings. The number of nitrogens with zero attached hydrogens (tertiary/aromatic N) is 2. The molecule has 0 unspecified atom stereocenters. The van der Waals surface area contributed by atoms with Crippen molar-refractivity contribution in [3.8, 4) is 0 Å². The van der Waals surface area contributed by atoms with Gasteiger partial charge in [0.25, 0.3) is 0 Å². The Bertz CT molecular complexity index is 810. The number of anilines is 2. The SMILES string of the molecule is COCC(=O)Nc1ccc(N2CCCN(Cc3cccc(Cl)c3)C2=O)cc1. The van der Waals surface area contributed by atoms with E-state index in [2.05, 4.69) is 5.32 Å². The highest BCUT2D eigenvalue weighted by Gasteiger charge is 2.26. The second kappa shape index (κ2) is 8.88. The molecule has 6 nitrogen and oxygen atoms in total. The summed E-state index contributed by atoms with van der Waals surface area (Å²) in [6, 6.07) is 14.8. The molecule has 1 fully saturated rings. The van der Waals surface area contributed by atoms with Crippen LogP contribution in [0.4, 0.5) is 16.2 Å². The van der Waals surface area contributed by atoms with Crippen LogP contribution in [0, 0.1) is 0 Å². The van der Waals surface area contributed by atoms with Gasteiger partial charge in [-0.05, 0) is 48.4 Å². The van der Waals surface area contributed by atoms with Crippen molar-refractivity contribution in [2.45, 2.75) is 13.0 Å². The number of rotatable bonds is 6. The average Bonchev–Trinajstić information content (AvgIpc) is 2.64. The van der Waals surface area contributed by atoms with Gasteiger partial charge in [-0.15, -0.1) is 0 Å². The van der Waals surface area contributed by atoms with Crippen molar-refractivity contribution in [2.24, 2.45) is 0 Å². The summed E-state index contributed by atoms with van der Waals surface area (Å²) in [4.78, 5) is 28.1. The zero-order valence-electron chi connectivity index (χ0n) is 15.2. The summed E-state index contributed by atoms with van der Waals surface area (Å²) in [5.41, 5.74) is 2.48. The molecule has 3 rings (SSSR count). The number of carbonyl (C=O) groups is 2. The molecule has 1 saturated heterocycles. The molecule has 0 radical (unpaired) electrons. The van der Waals surface area contributed by atoms with Crippen LogP contribution in [0.25, 0.3) is 0 Å². The number of urea groups is 1. The minimum absolute atomic E-state index is 0.00479. The summed E-state index contributed by atoms with van der Waals surface area (Å²) in [6.45, 7) is 1.92. The standard InChI is InChI=1S/C20H22ClN3O3/c1-27-14-19(25)22-17-6-8-18(9-7-17)24-11-3-10-23(20(24)26)13-15-4-2-5-16(21)12-15/h2,4-9,12H,3,10-11,13-14H2,1H3,(H,22,25). The first kappa shape index (κ1) is 19.2. The maximum atomic E-state index is 12.9. The summed E-state index contributed by atoms with van der Waals surface area (Å²) >= 11 is 6.04. The Morgan fingerprint density at radius 1 is 1.19 bits per heavy atom. The zero-order valence-corrected chi connectivity index (χ0v) is 15.9. The van der Waals surface area contributed by atoms with E-state index in [-0.39, 0.29) is 18.5 Å². The molecule has 7 heteroatoms. The van der Waals surface area contributed by atoms with E-state index in [0.29, 0.717) is 30.3 Å². The molecule has 3 amide bonds. The smallest absolute Gasteiger partial charge is 0.324 e. The van der Waals surface area contributed by atoms with Crippen LogP contribution in [0.5, 0.6) is 0 Å². The second-order valence-electron chi connectivity index (χ2n) is 6.37. The minimum atomic E-state index is -0.216. The van der Waals surface area contributed by atoms with Crippen LogP contribution in [0.1, 0.15) is 12.0 Å². The molecule has 0 saturated carbocycles. The Morgan fingerprint density at radius 3 is 2.67 bits per heavy atom. The topological polar surface area (TPSA) is 61.9 Å². The quantitative estimate of drug-likeness (QED) is 0.820. The number of hydrogen-bond donors (Lipinski definition) is 1. The van der Waals surface area contributed by atoms with Gasteiger partial charge in [0.2, 0.25) is 5.91 Å². The Kier molecular flexibility index (Phi) is 6.32. The molecule has 1 N–H and O–H groups in total. The average molecular weight is 388 g/mol. The number of hydrogen-bond acceptors (Lipinski definition) is 3. The van der Waals surface area contributed by atoms with Crippen molar-refractivity contribution < 1.29 is 14.3 Å². The van der Waals surface area contributed by atoms with Crippen LogP contribution in [-0.2, 0) is 16.1 Å². The van der Waals surface area contributed by atoms with Gasteiger partial charge < -0.3 is 15.0 Å². The molecule has 27 heavy (non-hydrogen) atoms. The van der Waals surface area contributed by atoms with Crippen LogP contribution in [0.15, 0.2) is 48.5 Å². The van der Waals surface area contributed by atoms with Gasteiger partial charge in [-0.25, -0.2) is 4.79 Å². The fourth-order valence-electron chi connectivity index (χ4n) is 3.08. The van der Waals surface area contributed by atoms with E-state index in [4.69, 9.17) is 16.3 Å². The van der Waals surface area contributed by atoms with Gasteiger partial charge in [0.15, 0.2) is 0 Å². The Hall–Kier alpha value is -2.57. The van der Waals surface area contributed by atoms with Crippen molar-refractivity contribution in [3.63, 3.8) is 0 Å². The molecule has 0 bridgehead atoms. The molecule has 0 spiro atoms. The van der Waals surface area contributed by atoms with Crippen LogP contribution < -0.4 is 10.2 Å². The van der Waals surface area contributed by atoms with Crippen molar-refractivity contribution in [1.29, 1.82) is 0 Å². The lowest BCUT2D eigenvalue weighted by Gasteiger charge is -2.35. The van der Waals surface area contributed by atoms with E-state index in [1.807, 2.05) is 41.3 Å². The minimum Gasteiger partial charge on any atom is -0.375 e. The summed E-state index contributed by atoms with van der Waals surface area (Å²) in [5, 5.41) is 3.41. The van der Waals surface area contributed by atoms with E-state index in [0.717, 1.165) is 17.7 Å². The number of carbonyl (C=O) groups excluding carboxylic acids is 2. The van der Waals surface area contributed by atoms with Gasteiger partial charge in [0.05, 0.1) is 0 Å². The van der Waals surface area contributed by atoms with Crippen molar-refractivity contribution in [3.05, 3.63) is 59.1 Å². The first-order valence-corrected chi connectivity index (χ1v) is 9.14. The highest BCUT2D eigenvalue weighted by atomic mass is 35.5. The van der Waals surface area contributed by atoms with Gasteiger partial charge in [0.1, 0.15) is 6.61 Å². The predicted octanol–water partition coefficient (Wildman–Crippen LogP) is 3.76. The molecule has 0 aromatic heterocycles. The lowest BCUT2D eigenvalue weighted by atomic mass is 10.1. The first-order chi connectivity index (χ1) is 13.1. The number of halogens is 1. The van der Waals surface area contributed by atoms with Crippen molar-refractivity contribution in [1.82, 2.24) is 4.90 Å². The first-order valence-electron chi connectivity index (χ1n) is 8.76. The van der Waals surface area contributed by atoms with E-state index in [1.165, 1.54) is 7.11 Å². The summed E-state index contributed by atoms with van der Waals surface area (Å²) in [6.07, 6.45) is 0.888. The van der Waals surface area contributed by atoms with Crippen molar-refractivity contribution >= 4 is 34.9 Å². The Labute approximate surface area is 163 Å². The third-order valence-corrected chi connectivity index (χ3v) is 4.55. The van der Waals surface area contributed by atoms with Gasteiger partial charge >= 0.3 is 6.03 Å². The third-order valence-electron chi connectivity index (χ3n) is 4.31. The second-order valence-corrected chi connectivity index (χ2v) is 6.80. The van der Waals surface area contributed by atoms with E-state index in [9.17, 15) is 9.59 Å².